The van der Waals surface area contributed by atoms with Crippen molar-refractivity contribution in [1.29, 1.82) is 0 Å². The van der Waals surface area contributed by atoms with Crippen molar-refractivity contribution in [3.63, 3.8) is 0 Å². The fraction of sp³-hybridized carbons (Fsp3) is 0.537. The Kier molecular flexibility index (Phi) is 15.1. The third-order valence-electron chi connectivity index (χ3n) is 10.9. The number of carbonyl (C=O) groups excluding carboxylic acids is 4. The molecule has 2 aromatic carbocycles. The van der Waals surface area contributed by atoms with Gasteiger partial charge in [0.25, 0.3) is 0 Å². The molecule has 56 heavy (non-hydrogen) atoms. The maximum absolute atomic E-state index is 15.6. The van der Waals surface area contributed by atoms with Gasteiger partial charge in [-0.2, -0.15) is 5.10 Å². The maximum atomic E-state index is 15.6. The van der Waals surface area contributed by atoms with Crippen LogP contribution in [0.25, 0.3) is 0 Å². The Hall–Kier alpha value is -4.44. The average molecular weight is 795 g/mol. The molecule has 306 valence electrons. The lowest BCUT2D eigenvalue weighted by molar-refractivity contribution is -0.162. The van der Waals surface area contributed by atoms with Crippen LogP contribution in [0, 0.1) is 18.8 Å². The molecular formula is C41H58N6O8S. The third-order valence-corrected chi connectivity index (χ3v) is 12.7. The number of aryl methyl sites for hydroxylation is 1. The van der Waals surface area contributed by atoms with Gasteiger partial charge in [-0.1, -0.05) is 94.5 Å². The molecule has 1 fully saturated rings. The molecule has 1 unspecified atom stereocenters. The molecule has 5 atom stereocenters. The first-order valence-corrected chi connectivity index (χ1v) is 21.0. The molecule has 1 aliphatic heterocycles. The van der Waals surface area contributed by atoms with Crippen molar-refractivity contribution in [3.05, 3.63) is 83.7 Å². The van der Waals surface area contributed by atoms with E-state index in [9.17, 15) is 27.9 Å². The molecule has 1 aromatic heterocycles. The first kappa shape index (κ1) is 44.3. The van der Waals surface area contributed by atoms with E-state index in [1.807, 2.05) is 19.9 Å². The van der Waals surface area contributed by atoms with E-state index in [1.165, 1.54) is 10.7 Å². The normalized spacial score (nSPS) is 19.1. The van der Waals surface area contributed by atoms with E-state index in [-0.39, 0.29) is 46.5 Å². The number of carbonyl (C=O) groups is 4. The van der Waals surface area contributed by atoms with Gasteiger partial charge in [-0.3, -0.25) is 28.8 Å². The van der Waals surface area contributed by atoms with Crippen LogP contribution >= 0.6 is 0 Å². The Morgan fingerprint density at radius 2 is 1.70 bits per heavy atom. The highest BCUT2D eigenvalue weighted by molar-refractivity contribution is 7.91. The minimum Gasteiger partial charge on any atom is -0.412 e. The Morgan fingerprint density at radius 3 is 2.32 bits per heavy atom. The van der Waals surface area contributed by atoms with Gasteiger partial charge < -0.3 is 26.9 Å². The van der Waals surface area contributed by atoms with Crippen LogP contribution in [-0.4, -0.2) is 93.3 Å². The minimum atomic E-state index is -4.00. The van der Waals surface area contributed by atoms with Gasteiger partial charge in [0.05, 0.1) is 48.0 Å². The molecule has 2 heterocycles. The zero-order valence-corrected chi connectivity index (χ0v) is 33.6. The molecule has 5 rings (SSSR count). The van der Waals surface area contributed by atoms with Crippen LogP contribution in [0.3, 0.4) is 0 Å². The number of benzene rings is 2. The lowest BCUT2D eigenvalue weighted by atomic mass is 9.76. The van der Waals surface area contributed by atoms with Gasteiger partial charge in [-0.05, 0) is 54.4 Å². The molecule has 0 bridgehead atoms. The second-order valence-corrected chi connectivity index (χ2v) is 17.8. The van der Waals surface area contributed by atoms with Crippen molar-refractivity contribution in [3.8, 4) is 0 Å². The molecule has 0 spiro atoms. The summed E-state index contributed by atoms with van der Waals surface area (Å²) >= 11 is 0. The zero-order chi connectivity index (χ0) is 39.9. The molecule has 1 saturated carbocycles. The number of aliphatic hydroxyl groups is 1. The van der Waals surface area contributed by atoms with Gasteiger partial charge in [0.1, 0.15) is 0 Å². The SMILES string of the molecule is CC(=O)N(C(=O)[C@@H](N)Cc1ccccc1)[C@@](Cn1cc(C)cn1)(C(=O)N[C@@H](CC1CCCCC1)[C@@H](O)CC(=O)NCC(C)C)C1CS(=O)(=O)c2ccccc21.O. The Morgan fingerprint density at radius 1 is 1.04 bits per heavy atom. The lowest BCUT2D eigenvalue weighted by Crippen LogP contribution is -2.70. The van der Waals surface area contributed by atoms with Crippen LogP contribution in [0.2, 0.25) is 0 Å². The summed E-state index contributed by atoms with van der Waals surface area (Å²) < 4.78 is 29.2. The van der Waals surface area contributed by atoms with Crippen molar-refractivity contribution in [2.24, 2.45) is 17.6 Å². The second-order valence-electron chi connectivity index (χ2n) is 15.8. The van der Waals surface area contributed by atoms with Crippen molar-refractivity contribution >= 4 is 33.5 Å². The van der Waals surface area contributed by atoms with Gasteiger partial charge >= 0.3 is 0 Å². The summed E-state index contributed by atoms with van der Waals surface area (Å²) in [7, 11) is -4.00. The highest BCUT2D eigenvalue weighted by Gasteiger charge is 2.60. The highest BCUT2D eigenvalue weighted by atomic mass is 32.2. The van der Waals surface area contributed by atoms with Crippen molar-refractivity contribution in [1.82, 2.24) is 25.3 Å². The van der Waals surface area contributed by atoms with E-state index in [1.54, 1.807) is 61.8 Å². The topological polar surface area (TPSA) is 225 Å². The summed E-state index contributed by atoms with van der Waals surface area (Å²) in [6, 6.07) is 13.0. The number of hydrogen-bond acceptors (Lipinski definition) is 9. The Bertz CT molecular complexity index is 1930. The average Bonchev–Trinajstić information content (AvgIpc) is 3.69. The van der Waals surface area contributed by atoms with Crippen molar-refractivity contribution < 1.29 is 38.2 Å². The monoisotopic (exact) mass is 794 g/mol. The smallest absolute Gasteiger partial charge is 0.249 e. The summed E-state index contributed by atoms with van der Waals surface area (Å²) in [5, 5.41) is 22.0. The van der Waals surface area contributed by atoms with Gasteiger partial charge in [0.2, 0.25) is 23.6 Å². The number of imide groups is 1. The minimum absolute atomic E-state index is 0. The predicted molar refractivity (Wildman–Crippen MR) is 212 cm³/mol. The summed E-state index contributed by atoms with van der Waals surface area (Å²) in [6.45, 7) is 6.87. The fourth-order valence-corrected chi connectivity index (χ4v) is 10.1. The molecule has 7 N–H and O–H groups in total. The fourth-order valence-electron chi connectivity index (χ4n) is 8.18. The first-order valence-electron chi connectivity index (χ1n) is 19.3. The summed E-state index contributed by atoms with van der Waals surface area (Å²) in [5.41, 5.74) is 6.09. The summed E-state index contributed by atoms with van der Waals surface area (Å²) in [4.78, 5) is 58.4. The van der Waals surface area contributed by atoms with Gasteiger partial charge in [-0.15, -0.1) is 0 Å². The largest absolute Gasteiger partial charge is 0.412 e. The third kappa shape index (κ3) is 10.3. The van der Waals surface area contributed by atoms with Crippen LogP contribution in [0.15, 0.2) is 71.9 Å². The van der Waals surface area contributed by atoms with Crippen LogP contribution < -0.4 is 16.4 Å². The van der Waals surface area contributed by atoms with E-state index in [4.69, 9.17) is 5.73 Å². The van der Waals surface area contributed by atoms with Crippen molar-refractivity contribution in [2.75, 3.05) is 12.3 Å². The number of rotatable bonds is 16. The maximum Gasteiger partial charge on any atom is 0.249 e. The highest BCUT2D eigenvalue weighted by Crippen LogP contribution is 2.46. The Labute approximate surface area is 329 Å². The quantitative estimate of drug-likeness (QED) is 0.167. The lowest BCUT2D eigenvalue weighted by Gasteiger charge is -2.46. The zero-order valence-electron chi connectivity index (χ0n) is 32.8. The number of sulfone groups is 1. The number of nitrogens with one attached hydrogen (secondary N) is 2. The van der Waals surface area contributed by atoms with Crippen molar-refractivity contribution in [2.45, 2.75) is 120 Å². The molecule has 1 aliphatic carbocycles. The van der Waals surface area contributed by atoms with Crippen LogP contribution in [0.4, 0.5) is 0 Å². The second kappa shape index (κ2) is 19.1. The number of aromatic nitrogens is 2. The standard InChI is InChI=1S/C41H56N6O7S.H2O/c1-27(2)22-43-38(50)21-36(49)35(20-31-15-9-6-10-16-31)45-40(52)41(26-46-24-28(3)23-44-46,33-25-55(53,54)37-18-12-11-17-32(33)37)47(29(4)48)39(51)34(42)19-30-13-7-5-8-14-30;/h5,7-8,11-14,17-18,23-24,27,31,33-36,49H,6,9-10,15-16,19-22,25-26,42H2,1-4H3,(H,43,50)(H,45,52);1H2/t33?,34-,35-,36-,41+;/m0./s1. The van der Waals surface area contributed by atoms with Gasteiger partial charge in [-0.25, -0.2) is 8.42 Å². The number of nitrogens with two attached hydrogens (primary N) is 1. The van der Waals surface area contributed by atoms with Crippen LogP contribution in [0.5, 0.6) is 0 Å². The number of hydrogen-bond donors (Lipinski definition) is 4. The Balaban J connectivity index is 0.00000696. The van der Waals surface area contributed by atoms with E-state index in [0.717, 1.165) is 55.1 Å². The molecule has 4 amide bonds. The number of fused-ring (bicyclic) bond motifs is 1. The number of nitrogens with zero attached hydrogens (tertiary/aromatic N) is 3. The molecule has 0 saturated heterocycles. The van der Waals surface area contributed by atoms with E-state index < -0.39 is 69.5 Å². The molecule has 0 radical (unpaired) electrons. The van der Waals surface area contributed by atoms with Crippen LogP contribution in [0.1, 0.15) is 88.3 Å². The molecule has 3 aromatic rings. The van der Waals surface area contributed by atoms with E-state index >= 15 is 4.79 Å². The van der Waals surface area contributed by atoms with Gasteiger partial charge in [0, 0.05) is 25.6 Å². The molecule has 14 nitrogen and oxygen atoms in total. The summed E-state index contributed by atoms with van der Waals surface area (Å²) in [6.07, 6.45) is 6.76. The number of amides is 4. The summed E-state index contributed by atoms with van der Waals surface area (Å²) in [5.74, 6) is -4.44. The van der Waals surface area contributed by atoms with E-state index in [2.05, 4.69) is 15.7 Å². The molecule has 2 aliphatic rings. The molecule has 15 heteroatoms. The predicted octanol–water partition coefficient (Wildman–Crippen LogP) is 2.60. The van der Waals surface area contributed by atoms with E-state index in [0.29, 0.717) is 13.0 Å². The van der Waals surface area contributed by atoms with Gasteiger partial charge in [0.15, 0.2) is 15.4 Å². The number of aliphatic hydroxyl groups excluding tert-OH is 1. The molecular weight excluding hydrogens is 737 g/mol. The van der Waals surface area contributed by atoms with Crippen LogP contribution in [-0.2, 0) is 42.0 Å². The first-order chi connectivity index (χ1) is 26.1.